The number of methoxy groups -OCH3 is 1. The third kappa shape index (κ3) is 3.78. The van der Waals surface area contributed by atoms with Crippen molar-refractivity contribution >= 4 is 23.3 Å². The molecule has 0 heterocycles. The van der Waals surface area contributed by atoms with Crippen LogP contribution >= 0.6 is 11.6 Å². The molecule has 2 N–H and O–H groups in total. The minimum absolute atomic E-state index is 0.0763. The number of nitrogens with one attached hydrogen (secondary N) is 1. The predicted octanol–water partition coefficient (Wildman–Crippen LogP) is 2.19. The fraction of sp³-hybridized carbons (Fsp3) is 0.417. The summed E-state index contributed by atoms with van der Waals surface area (Å²) in [5.41, 5.74) is 0.484. The van der Waals surface area contributed by atoms with Crippen LogP contribution in [0.15, 0.2) is 18.2 Å². The lowest BCUT2D eigenvalue weighted by molar-refractivity contribution is 0.192. The zero-order valence-corrected chi connectivity index (χ0v) is 11.2. The Morgan fingerprint density at radius 1 is 1.56 bits per heavy atom. The molecule has 0 aliphatic carbocycles. The first-order chi connectivity index (χ1) is 8.62. The summed E-state index contributed by atoms with van der Waals surface area (Å²) in [6.07, 6.45) is 0. The van der Waals surface area contributed by atoms with Gasteiger partial charge in [-0.3, -0.25) is 0 Å². The van der Waals surface area contributed by atoms with Crippen molar-refractivity contribution in [2.45, 2.75) is 6.92 Å². The van der Waals surface area contributed by atoms with Crippen LogP contribution in [0.1, 0.15) is 6.92 Å². The van der Waals surface area contributed by atoms with E-state index in [0.29, 0.717) is 23.0 Å². The van der Waals surface area contributed by atoms with E-state index in [9.17, 15) is 4.79 Å². The summed E-state index contributed by atoms with van der Waals surface area (Å²) < 4.78 is 5.06. The van der Waals surface area contributed by atoms with Crippen LogP contribution in [-0.4, -0.2) is 42.8 Å². The van der Waals surface area contributed by atoms with E-state index in [0.717, 1.165) is 0 Å². The molecule has 18 heavy (non-hydrogen) atoms. The Morgan fingerprint density at radius 2 is 2.28 bits per heavy atom. The van der Waals surface area contributed by atoms with E-state index in [-0.39, 0.29) is 19.2 Å². The molecule has 5 nitrogen and oxygen atoms in total. The summed E-state index contributed by atoms with van der Waals surface area (Å²) in [4.78, 5) is 13.4. The molecule has 0 atom stereocenters. The lowest BCUT2D eigenvalue weighted by Crippen LogP contribution is -2.36. The van der Waals surface area contributed by atoms with Gasteiger partial charge in [0, 0.05) is 19.2 Å². The number of ether oxygens (including phenoxy) is 1. The number of nitrogens with zero attached hydrogens (tertiary/aromatic N) is 1. The Morgan fingerprint density at radius 3 is 2.83 bits per heavy atom. The van der Waals surface area contributed by atoms with Crippen LogP contribution in [0.4, 0.5) is 10.5 Å². The number of aliphatic hydroxyl groups excluding tert-OH is 1. The van der Waals surface area contributed by atoms with Gasteiger partial charge in [-0.05, 0) is 19.1 Å². The van der Waals surface area contributed by atoms with E-state index in [1.54, 1.807) is 25.3 Å². The second-order valence-electron chi connectivity index (χ2n) is 3.58. The molecule has 1 aromatic carbocycles. The molecule has 100 valence electrons. The highest BCUT2D eigenvalue weighted by molar-refractivity contribution is 6.33. The molecule has 1 rings (SSSR count). The molecule has 6 heteroatoms. The number of rotatable bonds is 5. The average Bonchev–Trinajstić information content (AvgIpc) is 2.38. The minimum atomic E-state index is -0.304. The van der Waals surface area contributed by atoms with Gasteiger partial charge < -0.3 is 20.1 Å². The molecule has 1 aromatic rings. The van der Waals surface area contributed by atoms with E-state index < -0.39 is 0 Å². The number of likely N-dealkylation sites (N-methyl/N-ethyl adjacent to an activating group) is 1. The Hall–Kier alpha value is -1.46. The molecule has 0 bridgehead atoms. The monoisotopic (exact) mass is 272 g/mol. The second kappa shape index (κ2) is 7.08. The molecule has 2 amide bonds. The van der Waals surface area contributed by atoms with Crippen LogP contribution < -0.4 is 10.1 Å². The Balaban J connectivity index is 2.79. The van der Waals surface area contributed by atoms with Crippen molar-refractivity contribution in [2.75, 3.05) is 32.1 Å². The van der Waals surface area contributed by atoms with Gasteiger partial charge in [0.2, 0.25) is 0 Å². The third-order valence-corrected chi connectivity index (χ3v) is 2.78. The van der Waals surface area contributed by atoms with Crippen LogP contribution in [0.25, 0.3) is 0 Å². The molecule has 0 saturated heterocycles. The number of anilines is 1. The number of hydrogen-bond acceptors (Lipinski definition) is 3. The van der Waals surface area contributed by atoms with E-state index >= 15 is 0 Å². The van der Waals surface area contributed by atoms with Crippen LogP contribution in [0, 0.1) is 0 Å². The summed E-state index contributed by atoms with van der Waals surface area (Å²) >= 11 is 5.98. The standard InChI is InChI=1S/C12H17ClN2O3/c1-3-15(6-7-16)12(17)14-11-8-9(18-2)4-5-10(11)13/h4-5,8,16H,3,6-7H2,1-2H3,(H,14,17). The zero-order valence-electron chi connectivity index (χ0n) is 10.4. The van der Waals surface area contributed by atoms with Gasteiger partial charge in [0.05, 0.1) is 24.4 Å². The van der Waals surface area contributed by atoms with Crippen molar-refractivity contribution < 1.29 is 14.6 Å². The molecule has 0 aliphatic rings. The van der Waals surface area contributed by atoms with Gasteiger partial charge >= 0.3 is 6.03 Å². The van der Waals surface area contributed by atoms with Crippen molar-refractivity contribution in [3.8, 4) is 5.75 Å². The lowest BCUT2D eigenvalue weighted by atomic mass is 10.3. The normalized spacial score (nSPS) is 10.0. The molecular weight excluding hydrogens is 256 g/mol. The fourth-order valence-electron chi connectivity index (χ4n) is 1.45. The predicted molar refractivity (Wildman–Crippen MR) is 71.4 cm³/mol. The number of amides is 2. The first-order valence-corrected chi connectivity index (χ1v) is 6.00. The van der Waals surface area contributed by atoms with Crippen LogP contribution in [0.5, 0.6) is 5.75 Å². The summed E-state index contributed by atoms with van der Waals surface area (Å²) in [7, 11) is 1.54. The minimum Gasteiger partial charge on any atom is -0.497 e. The van der Waals surface area contributed by atoms with Gasteiger partial charge in [0.15, 0.2) is 0 Å². The van der Waals surface area contributed by atoms with Gasteiger partial charge in [-0.15, -0.1) is 0 Å². The molecule has 0 radical (unpaired) electrons. The number of hydrogen-bond donors (Lipinski definition) is 2. The van der Waals surface area contributed by atoms with Crippen molar-refractivity contribution in [2.24, 2.45) is 0 Å². The van der Waals surface area contributed by atoms with Gasteiger partial charge in [-0.1, -0.05) is 11.6 Å². The molecular formula is C12H17ClN2O3. The number of urea groups is 1. The van der Waals surface area contributed by atoms with Gasteiger partial charge in [0.1, 0.15) is 5.75 Å². The lowest BCUT2D eigenvalue weighted by Gasteiger charge is -2.20. The zero-order chi connectivity index (χ0) is 13.5. The number of aliphatic hydroxyl groups is 1. The number of carbonyl (C=O) groups is 1. The highest BCUT2D eigenvalue weighted by Crippen LogP contribution is 2.26. The van der Waals surface area contributed by atoms with Gasteiger partial charge in [0.25, 0.3) is 0 Å². The summed E-state index contributed by atoms with van der Waals surface area (Å²) in [6.45, 7) is 2.55. The highest BCUT2D eigenvalue weighted by Gasteiger charge is 2.13. The first kappa shape index (κ1) is 14.6. The molecule has 0 saturated carbocycles. The average molecular weight is 273 g/mol. The summed E-state index contributed by atoms with van der Waals surface area (Å²) in [6, 6.07) is 4.70. The van der Waals surface area contributed by atoms with Crippen LogP contribution in [-0.2, 0) is 0 Å². The maximum Gasteiger partial charge on any atom is 0.321 e. The Bertz CT molecular complexity index is 412. The molecule has 0 unspecified atom stereocenters. The Labute approximate surface area is 111 Å². The Kier molecular flexibility index (Phi) is 5.74. The smallest absolute Gasteiger partial charge is 0.321 e. The van der Waals surface area contributed by atoms with Crippen molar-refractivity contribution in [3.05, 3.63) is 23.2 Å². The quantitative estimate of drug-likeness (QED) is 0.864. The number of benzene rings is 1. The third-order valence-electron chi connectivity index (χ3n) is 2.45. The van der Waals surface area contributed by atoms with Crippen molar-refractivity contribution in [1.82, 2.24) is 4.90 Å². The number of carbonyl (C=O) groups excluding carboxylic acids is 1. The van der Waals surface area contributed by atoms with E-state index in [4.69, 9.17) is 21.4 Å². The highest BCUT2D eigenvalue weighted by atomic mass is 35.5. The molecule has 0 aliphatic heterocycles. The summed E-state index contributed by atoms with van der Waals surface area (Å²) in [5.74, 6) is 0.611. The maximum absolute atomic E-state index is 11.9. The fourth-order valence-corrected chi connectivity index (χ4v) is 1.61. The van der Waals surface area contributed by atoms with E-state index in [1.165, 1.54) is 4.90 Å². The molecule has 0 spiro atoms. The van der Waals surface area contributed by atoms with Crippen molar-refractivity contribution in [1.29, 1.82) is 0 Å². The van der Waals surface area contributed by atoms with Crippen LogP contribution in [0.2, 0.25) is 5.02 Å². The summed E-state index contributed by atoms with van der Waals surface area (Å²) in [5, 5.41) is 12.0. The molecule has 0 fully saturated rings. The topological polar surface area (TPSA) is 61.8 Å². The maximum atomic E-state index is 11.9. The largest absolute Gasteiger partial charge is 0.497 e. The molecule has 0 aromatic heterocycles. The number of halogens is 1. The second-order valence-corrected chi connectivity index (χ2v) is 3.99. The van der Waals surface area contributed by atoms with Crippen LogP contribution in [0.3, 0.4) is 0 Å². The van der Waals surface area contributed by atoms with E-state index in [1.807, 2.05) is 6.92 Å². The van der Waals surface area contributed by atoms with Crippen molar-refractivity contribution in [3.63, 3.8) is 0 Å². The first-order valence-electron chi connectivity index (χ1n) is 5.62. The SMILES string of the molecule is CCN(CCO)C(=O)Nc1cc(OC)ccc1Cl. The van der Waals surface area contributed by atoms with Gasteiger partial charge in [-0.2, -0.15) is 0 Å². The van der Waals surface area contributed by atoms with E-state index in [2.05, 4.69) is 5.32 Å². The van der Waals surface area contributed by atoms with Gasteiger partial charge in [-0.25, -0.2) is 4.79 Å².